The largest absolute Gasteiger partial charge is 0.501 e. The van der Waals surface area contributed by atoms with Crippen molar-refractivity contribution in [3.8, 4) is 0 Å². The lowest BCUT2D eigenvalue weighted by molar-refractivity contribution is 0.0988. The Morgan fingerprint density at radius 3 is 2.74 bits per heavy atom. The van der Waals surface area contributed by atoms with Crippen LogP contribution >= 0.6 is 0 Å². The van der Waals surface area contributed by atoms with Crippen LogP contribution in [-0.4, -0.2) is 12.9 Å². The van der Waals surface area contributed by atoms with Crippen molar-refractivity contribution >= 4 is 5.78 Å². The van der Waals surface area contributed by atoms with Crippen molar-refractivity contribution in [1.82, 2.24) is 0 Å². The van der Waals surface area contributed by atoms with Gasteiger partial charge < -0.3 is 4.74 Å². The third kappa shape index (κ3) is 6.68. The lowest BCUT2D eigenvalue weighted by Crippen LogP contribution is -2.09. The number of carbonyl (C=O) groups is 1. The van der Waals surface area contributed by atoms with Gasteiger partial charge in [0.1, 0.15) is 0 Å². The van der Waals surface area contributed by atoms with E-state index in [1.165, 1.54) is 43.2 Å². The van der Waals surface area contributed by atoms with E-state index >= 15 is 0 Å². The lowest BCUT2D eigenvalue weighted by atomic mass is 9.86. The topological polar surface area (TPSA) is 26.3 Å². The van der Waals surface area contributed by atoms with Gasteiger partial charge in [-0.3, -0.25) is 4.79 Å². The highest BCUT2D eigenvalue weighted by Crippen LogP contribution is 2.27. The molecule has 0 spiro atoms. The van der Waals surface area contributed by atoms with Crippen molar-refractivity contribution in [3.63, 3.8) is 0 Å². The van der Waals surface area contributed by atoms with E-state index in [0.717, 1.165) is 30.1 Å². The molecule has 0 radical (unpaired) electrons. The van der Waals surface area contributed by atoms with Crippen LogP contribution in [0.25, 0.3) is 0 Å². The van der Waals surface area contributed by atoms with Crippen LogP contribution in [0.4, 0.5) is 0 Å². The number of hydrogen-bond donors (Lipinski definition) is 0. The zero-order valence-corrected chi connectivity index (χ0v) is 17.6. The first-order chi connectivity index (χ1) is 13.1. The molecule has 0 bridgehead atoms. The van der Waals surface area contributed by atoms with E-state index in [-0.39, 0.29) is 5.78 Å². The molecule has 0 heterocycles. The predicted molar refractivity (Wildman–Crippen MR) is 114 cm³/mol. The van der Waals surface area contributed by atoms with Crippen LogP contribution in [0.3, 0.4) is 0 Å². The first kappa shape index (κ1) is 21.5. The molecule has 1 aliphatic carbocycles. The second kappa shape index (κ2) is 11.1. The first-order valence-corrected chi connectivity index (χ1v) is 10.6. The highest BCUT2D eigenvalue weighted by atomic mass is 16.5. The van der Waals surface area contributed by atoms with Crippen LogP contribution < -0.4 is 0 Å². The Bertz CT molecular complexity index is 669. The predicted octanol–water partition coefficient (Wildman–Crippen LogP) is 6.82. The van der Waals surface area contributed by atoms with Crippen LogP contribution in [0, 0.1) is 18.8 Å². The standard InChI is InChI=1S/C25H36O2/c1-5-9-20(10-7-11-21-12-8-13-24(18-21)27-4)17-22-14-15-23(16-19(22)3)25(26)6-2/h8,12-16,20-21H,5-7,9-11,17-18H2,1-4H3. The number of benzene rings is 1. The van der Waals surface area contributed by atoms with Gasteiger partial charge in [0.25, 0.3) is 0 Å². The molecule has 0 aromatic heterocycles. The van der Waals surface area contributed by atoms with E-state index in [1.807, 2.05) is 13.0 Å². The van der Waals surface area contributed by atoms with Gasteiger partial charge in [-0.2, -0.15) is 0 Å². The molecular formula is C25H36O2. The number of ketones is 1. The Kier molecular flexibility index (Phi) is 8.84. The monoisotopic (exact) mass is 368 g/mol. The maximum absolute atomic E-state index is 11.9. The summed E-state index contributed by atoms with van der Waals surface area (Å²) in [5.41, 5.74) is 3.53. The second-order valence-corrected chi connectivity index (χ2v) is 7.89. The second-order valence-electron chi connectivity index (χ2n) is 7.89. The molecule has 1 aliphatic rings. The molecule has 0 saturated carbocycles. The summed E-state index contributed by atoms with van der Waals surface area (Å²) in [5, 5.41) is 0. The molecule has 148 valence electrons. The smallest absolute Gasteiger partial charge is 0.162 e. The van der Waals surface area contributed by atoms with E-state index in [2.05, 4.69) is 44.2 Å². The van der Waals surface area contributed by atoms with Gasteiger partial charge in [0.15, 0.2) is 5.78 Å². The SMILES string of the molecule is CCCC(CCCC1C=CC=C(OC)C1)Cc1ccc(C(=O)CC)cc1C. The lowest BCUT2D eigenvalue weighted by Gasteiger charge is -2.21. The summed E-state index contributed by atoms with van der Waals surface area (Å²) in [6, 6.07) is 6.28. The Morgan fingerprint density at radius 2 is 2.07 bits per heavy atom. The maximum Gasteiger partial charge on any atom is 0.162 e. The van der Waals surface area contributed by atoms with Gasteiger partial charge in [-0.15, -0.1) is 0 Å². The summed E-state index contributed by atoms with van der Waals surface area (Å²) in [7, 11) is 1.76. The first-order valence-electron chi connectivity index (χ1n) is 10.6. The quantitative estimate of drug-likeness (QED) is 0.400. The number of methoxy groups -OCH3 is 1. The van der Waals surface area contributed by atoms with Gasteiger partial charge in [-0.25, -0.2) is 0 Å². The van der Waals surface area contributed by atoms with Gasteiger partial charge in [0.05, 0.1) is 12.9 Å². The van der Waals surface area contributed by atoms with E-state index in [1.54, 1.807) is 7.11 Å². The molecular weight excluding hydrogens is 332 g/mol. The molecule has 0 saturated heterocycles. The molecule has 2 atom stereocenters. The van der Waals surface area contributed by atoms with Gasteiger partial charge in [-0.1, -0.05) is 63.8 Å². The van der Waals surface area contributed by atoms with E-state index in [0.29, 0.717) is 12.3 Å². The highest BCUT2D eigenvalue weighted by molar-refractivity contribution is 5.96. The van der Waals surface area contributed by atoms with Crippen molar-refractivity contribution in [3.05, 3.63) is 58.9 Å². The molecule has 0 fully saturated rings. The molecule has 27 heavy (non-hydrogen) atoms. The summed E-state index contributed by atoms with van der Waals surface area (Å²) in [5.74, 6) is 2.68. The molecule has 2 unspecified atom stereocenters. The molecule has 0 amide bonds. The molecule has 0 aliphatic heterocycles. The number of allylic oxidation sites excluding steroid dienone is 4. The number of rotatable bonds is 11. The van der Waals surface area contributed by atoms with Crippen LogP contribution in [0.5, 0.6) is 0 Å². The van der Waals surface area contributed by atoms with Gasteiger partial charge in [-0.05, 0) is 54.9 Å². The number of carbonyl (C=O) groups excluding carboxylic acids is 1. The zero-order valence-electron chi connectivity index (χ0n) is 17.6. The van der Waals surface area contributed by atoms with E-state index in [4.69, 9.17) is 4.74 Å². The van der Waals surface area contributed by atoms with Crippen LogP contribution in [0.1, 0.15) is 80.3 Å². The molecule has 2 nitrogen and oxygen atoms in total. The third-order valence-electron chi connectivity index (χ3n) is 5.77. The van der Waals surface area contributed by atoms with Gasteiger partial charge in [0, 0.05) is 18.4 Å². The third-order valence-corrected chi connectivity index (χ3v) is 5.77. The minimum atomic E-state index is 0.236. The maximum atomic E-state index is 11.9. The van der Waals surface area contributed by atoms with Crippen molar-refractivity contribution in [2.24, 2.45) is 11.8 Å². The average molecular weight is 369 g/mol. The Morgan fingerprint density at radius 1 is 1.26 bits per heavy atom. The fraction of sp³-hybridized carbons (Fsp3) is 0.560. The number of ether oxygens (including phenoxy) is 1. The highest BCUT2D eigenvalue weighted by Gasteiger charge is 2.15. The van der Waals surface area contributed by atoms with Crippen LogP contribution in [0.15, 0.2) is 42.2 Å². The summed E-state index contributed by atoms with van der Waals surface area (Å²) in [6.07, 6.45) is 15.6. The Balaban J connectivity index is 1.89. The number of aryl methyl sites for hydroxylation is 1. The summed E-state index contributed by atoms with van der Waals surface area (Å²) in [6.45, 7) is 6.36. The van der Waals surface area contributed by atoms with Crippen LogP contribution in [0.2, 0.25) is 0 Å². The van der Waals surface area contributed by atoms with Crippen molar-refractivity contribution in [2.45, 2.75) is 72.1 Å². The van der Waals surface area contributed by atoms with Gasteiger partial charge in [0.2, 0.25) is 0 Å². The molecule has 1 aromatic carbocycles. The van der Waals surface area contributed by atoms with Crippen LogP contribution in [-0.2, 0) is 11.2 Å². The number of hydrogen-bond acceptors (Lipinski definition) is 2. The van der Waals surface area contributed by atoms with Gasteiger partial charge >= 0.3 is 0 Å². The summed E-state index contributed by atoms with van der Waals surface area (Å²) >= 11 is 0. The Hall–Kier alpha value is -1.83. The molecule has 0 N–H and O–H groups in total. The molecule has 2 rings (SSSR count). The average Bonchev–Trinajstić information content (AvgIpc) is 2.69. The molecule has 2 heteroatoms. The summed E-state index contributed by atoms with van der Waals surface area (Å²) in [4.78, 5) is 11.9. The normalized spacial score (nSPS) is 17.5. The fourth-order valence-electron chi connectivity index (χ4n) is 4.10. The van der Waals surface area contributed by atoms with E-state index in [9.17, 15) is 4.79 Å². The van der Waals surface area contributed by atoms with Crippen molar-refractivity contribution in [2.75, 3.05) is 7.11 Å². The summed E-state index contributed by atoms with van der Waals surface area (Å²) < 4.78 is 5.40. The minimum Gasteiger partial charge on any atom is -0.501 e. The van der Waals surface area contributed by atoms with Crippen molar-refractivity contribution < 1.29 is 9.53 Å². The molecule has 1 aromatic rings. The van der Waals surface area contributed by atoms with Crippen molar-refractivity contribution in [1.29, 1.82) is 0 Å². The zero-order chi connectivity index (χ0) is 19.6. The van der Waals surface area contributed by atoms with E-state index < -0.39 is 0 Å². The fourth-order valence-corrected chi connectivity index (χ4v) is 4.10. The Labute approximate surface area is 165 Å². The minimum absolute atomic E-state index is 0.236. The number of Topliss-reactive ketones (excluding diaryl/α,β-unsaturated/α-hetero) is 1.